The Hall–Kier alpha value is -7.99. The number of phenols is 2. The number of unbranched alkanes of at least 4 members (excludes halogenated alkanes) is 1. The maximum Gasteiger partial charge on any atom is 0.303 e. The van der Waals surface area contributed by atoms with Crippen molar-refractivity contribution >= 4 is 98.9 Å². The van der Waals surface area contributed by atoms with Gasteiger partial charge in [-0.05, 0) is 116 Å². The van der Waals surface area contributed by atoms with E-state index in [1.54, 1.807) is 24.3 Å². The summed E-state index contributed by atoms with van der Waals surface area (Å²) in [5.74, 6) is -9.27. The molecule has 0 aliphatic heterocycles. The normalized spacial score (nSPS) is 14.2. The van der Waals surface area contributed by atoms with Crippen molar-refractivity contribution in [2.75, 3.05) is 24.2 Å². The van der Waals surface area contributed by atoms with Crippen molar-refractivity contribution in [1.29, 1.82) is 0 Å². The SMILES string of the molecule is C[C@@H](O)[C@H](NC(=O)[C@H](CCCCN)NC(=O)[C@@H](Cc1ccc(NC(=O)[C@@H](N)CCC(=O)O)cc1)NC(=O)[C@H](Cc1ccc(O)cc1)NC(=O)[C@@H](CSS)NC(=O)[C@@H](N)Cc1ccc(Cl)cc1)C(=O)NCC(=O)N[C@H](Cc1ccc(O)cc1)C(N)=O. The van der Waals surface area contributed by atoms with Gasteiger partial charge >= 0.3 is 5.97 Å². The van der Waals surface area contributed by atoms with Crippen LogP contribution in [0.15, 0.2) is 97.1 Å². The van der Waals surface area contributed by atoms with Gasteiger partial charge in [0.15, 0.2) is 0 Å². The summed E-state index contributed by atoms with van der Waals surface area (Å²) < 4.78 is 0. The molecule has 29 heteroatoms. The zero-order valence-corrected chi connectivity index (χ0v) is 48.8. The zero-order chi connectivity index (χ0) is 62.8. The number of thiol groups is 1. The van der Waals surface area contributed by atoms with E-state index in [1.807, 2.05) is 0 Å². The minimum absolute atomic E-state index is 0.0298. The van der Waals surface area contributed by atoms with E-state index < -0.39 is 120 Å². The van der Waals surface area contributed by atoms with Crippen molar-refractivity contribution < 1.29 is 68.4 Å². The van der Waals surface area contributed by atoms with Crippen molar-refractivity contribution in [3.8, 4) is 11.5 Å². The van der Waals surface area contributed by atoms with Crippen molar-refractivity contribution in [3.63, 3.8) is 0 Å². The summed E-state index contributed by atoms with van der Waals surface area (Å²) in [7, 11) is 0.911. The van der Waals surface area contributed by atoms with Gasteiger partial charge < -0.3 is 85.9 Å². The lowest BCUT2D eigenvalue weighted by Gasteiger charge is -2.28. The quantitative estimate of drug-likeness (QED) is 0.0150. The second kappa shape index (κ2) is 35.3. The van der Waals surface area contributed by atoms with Crippen LogP contribution < -0.4 is 65.5 Å². The third-order valence-electron chi connectivity index (χ3n) is 13.0. The number of hydrogen-bond acceptors (Lipinski definition) is 18. The van der Waals surface area contributed by atoms with E-state index in [9.17, 15) is 63.3 Å². The minimum Gasteiger partial charge on any atom is -0.508 e. The average molecular weight is 1240 g/mol. The molecule has 0 aromatic heterocycles. The van der Waals surface area contributed by atoms with Crippen molar-refractivity contribution in [2.24, 2.45) is 22.9 Å². The number of primary amides is 1. The van der Waals surface area contributed by atoms with Gasteiger partial charge in [-0.3, -0.25) is 47.9 Å². The van der Waals surface area contributed by atoms with Crippen LogP contribution in [0.2, 0.25) is 5.02 Å². The number of carboxylic acids is 1. The van der Waals surface area contributed by atoms with Crippen LogP contribution in [-0.2, 0) is 73.6 Å². The van der Waals surface area contributed by atoms with Gasteiger partial charge in [-0.15, -0.1) is 11.7 Å². The fourth-order valence-corrected chi connectivity index (χ4v) is 9.20. The molecule has 4 aromatic rings. The number of phenolic OH excluding ortho intramolecular Hbond substituents is 2. The summed E-state index contributed by atoms with van der Waals surface area (Å²) in [6.07, 6.45) is -2.10. The van der Waals surface area contributed by atoms with Crippen LogP contribution in [0.25, 0.3) is 0 Å². The molecule has 0 saturated carbocycles. The number of nitrogens with one attached hydrogen (secondary N) is 8. The molecule has 0 radical (unpaired) electrons. The number of rotatable bonds is 35. The van der Waals surface area contributed by atoms with Gasteiger partial charge in [0.2, 0.25) is 53.2 Å². The Kier molecular flexibility index (Phi) is 28.9. The minimum atomic E-state index is -1.72. The summed E-state index contributed by atoms with van der Waals surface area (Å²) >= 11 is 10.2. The van der Waals surface area contributed by atoms with E-state index in [-0.39, 0.29) is 80.9 Å². The van der Waals surface area contributed by atoms with Crippen LogP contribution in [-0.4, -0.2) is 153 Å². The van der Waals surface area contributed by atoms with E-state index in [1.165, 1.54) is 79.7 Å². The molecule has 0 aliphatic rings. The maximum atomic E-state index is 14.7. The largest absolute Gasteiger partial charge is 0.508 e. The highest BCUT2D eigenvalue weighted by Gasteiger charge is 2.35. The van der Waals surface area contributed by atoms with Gasteiger partial charge in [0, 0.05) is 42.1 Å². The summed E-state index contributed by atoms with van der Waals surface area (Å²) in [6.45, 7) is 0.627. The van der Waals surface area contributed by atoms with Crippen LogP contribution in [0, 0.1) is 0 Å². The predicted octanol–water partition coefficient (Wildman–Crippen LogP) is -0.922. The lowest BCUT2D eigenvalue weighted by Crippen LogP contribution is -2.61. The number of aliphatic hydroxyl groups excluding tert-OH is 1. The first-order valence-electron chi connectivity index (χ1n) is 26.8. The van der Waals surface area contributed by atoms with E-state index in [0.29, 0.717) is 33.7 Å². The standard InChI is InChI=1S/C56H73ClN12O14S2/c1-30(70)48(56(83)62-28-46(73)64-42(49(61)76)25-33-9-17-37(71)18-10-33)69-52(79)41(4-2-3-23-58)65-53(80)43(26-32-7-15-36(16-8-32)63-50(77)39(59)21-22-47(74)75)66-54(81)44(27-34-11-19-38(72)20-12-34)67-55(82)45(29-85-84)68-51(78)40(60)24-31-5-13-35(57)14-6-31/h5-20,30,39-45,48,70-72,84H,2-4,21-29,58-60H2,1H3,(H2,61,76)(H,62,83)(H,63,77)(H,64,73)(H,65,80)(H,66,81)(H,67,82)(H,68,78)(H,69,79)(H,74,75)/t30-,39+,40+,41+,42-,43-,44+,45-,48+/m1/s1. The Morgan fingerprint density at radius 3 is 1.51 bits per heavy atom. The number of amides is 9. The summed E-state index contributed by atoms with van der Waals surface area (Å²) in [5.41, 5.74) is 25.7. The van der Waals surface area contributed by atoms with Crippen LogP contribution >= 0.6 is 34.1 Å². The highest BCUT2D eigenvalue weighted by atomic mass is 35.5. The molecule has 26 nitrogen and oxygen atoms in total. The molecule has 9 amide bonds. The van der Waals surface area contributed by atoms with Crippen LogP contribution in [0.5, 0.6) is 11.5 Å². The molecular weight excluding hydrogens is 1160 g/mol. The number of hydrogen-bond donors (Lipinski definition) is 17. The molecule has 85 heavy (non-hydrogen) atoms. The van der Waals surface area contributed by atoms with Gasteiger partial charge in [0.05, 0.1) is 24.7 Å². The lowest BCUT2D eigenvalue weighted by molar-refractivity contribution is -0.137. The Balaban J connectivity index is 1.63. The first kappa shape index (κ1) is 69.5. The van der Waals surface area contributed by atoms with Gasteiger partial charge in [-0.1, -0.05) is 70.9 Å². The first-order valence-corrected chi connectivity index (χ1v) is 29.2. The summed E-state index contributed by atoms with van der Waals surface area (Å²) in [5, 5.41) is 60.3. The molecule has 0 unspecified atom stereocenters. The van der Waals surface area contributed by atoms with Gasteiger partial charge in [-0.25, -0.2) is 0 Å². The molecule has 0 fully saturated rings. The van der Waals surface area contributed by atoms with Crippen molar-refractivity contribution in [1.82, 2.24) is 37.2 Å². The summed E-state index contributed by atoms with van der Waals surface area (Å²) in [6, 6.07) is 12.9. The number of carbonyl (C=O) groups is 10. The number of aliphatic hydroxyl groups is 1. The van der Waals surface area contributed by atoms with Crippen LogP contribution in [0.3, 0.4) is 0 Å². The number of halogens is 1. The van der Waals surface area contributed by atoms with Crippen molar-refractivity contribution in [3.05, 3.63) is 124 Å². The number of benzene rings is 4. The molecule has 0 saturated heterocycles. The second-order valence-corrected chi connectivity index (χ2v) is 21.7. The van der Waals surface area contributed by atoms with Crippen LogP contribution in [0.4, 0.5) is 5.69 Å². The smallest absolute Gasteiger partial charge is 0.303 e. The van der Waals surface area contributed by atoms with E-state index >= 15 is 0 Å². The highest BCUT2D eigenvalue weighted by Crippen LogP contribution is 2.18. The number of carboxylic acid groups (broad SMARTS) is 1. The third kappa shape index (κ3) is 24.6. The molecule has 460 valence electrons. The van der Waals surface area contributed by atoms with Gasteiger partial charge in [0.1, 0.15) is 47.8 Å². The first-order chi connectivity index (χ1) is 40.3. The molecular formula is C56H73ClN12O14S2. The number of anilines is 1. The van der Waals surface area contributed by atoms with E-state index in [0.717, 1.165) is 10.8 Å². The Morgan fingerprint density at radius 1 is 0.553 bits per heavy atom. The highest BCUT2D eigenvalue weighted by molar-refractivity contribution is 8.68. The van der Waals surface area contributed by atoms with Crippen molar-refractivity contribution in [2.45, 2.75) is 119 Å². The molecule has 4 rings (SSSR count). The molecule has 0 aliphatic carbocycles. The van der Waals surface area contributed by atoms with E-state index in [4.69, 9.17) is 39.6 Å². The molecule has 0 heterocycles. The predicted molar refractivity (Wildman–Crippen MR) is 320 cm³/mol. The Labute approximate surface area is 504 Å². The average Bonchev–Trinajstić information content (AvgIpc) is 3.49. The van der Waals surface area contributed by atoms with E-state index in [2.05, 4.69) is 54.2 Å². The number of aromatic hydroxyl groups is 2. The zero-order valence-electron chi connectivity index (χ0n) is 46.3. The Morgan fingerprint density at radius 2 is 1.01 bits per heavy atom. The molecule has 20 N–H and O–H groups in total. The Bertz CT molecular complexity index is 2910. The molecule has 0 spiro atoms. The topological polar surface area (TPSA) is 452 Å². The fraction of sp³-hybridized carbons (Fsp3) is 0.393. The molecule has 4 aromatic carbocycles. The molecule has 9 atom stereocenters. The maximum absolute atomic E-state index is 14.7. The van der Waals surface area contributed by atoms with Crippen LogP contribution in [0.1, 0.15) is 61.3 Å². The number of carbonyl (C=O) groups excluding carboxylic acids is 9. The van der Waals surface area contributed by atoms with Gasteiger partial charge in [-0.2, -0.15) is 0 Å². The third-order valence-corrected chi connectivity index (χ3v) is 14.2. The fourth-order valence-electron chi connectivity index (χ4n) is 8.25. The second-order valence-electron chi connectivity index (χ2n) is 19.9. The van der Waals surface area contributed by atoms with Gasteiger partial charge in [0.25, 0.3) is 0 Å². The monoisotopic (exact) mass is 1240 g/mol. The number of nitrogens with two attached hydrogens (primary N) is 4. The summed E-state index contributed by atoms with van der Waals surface area (Å²) in [4.78, 5) is 134. The number of aliphatic carboxylic acids is 1. The molecule has 0 bridgehead atoms. The lowest BCUT2D eigenvalue weighted by atomic mass is 10.0.